The van der Waals surface area contributed by atoms with Crippen LogP contribution in [0.1, 0.15) is 175 Å². The van der Waals surface area contributed by atoms with E-state index < -0.39 is 186 Å². The van der Waals surface area contributed by atoms with Gasteiger partial charge in [-0.2, -0.15) is 0 Å². The summed E-state index contributed by atoms with van der Waals surface area (Å²) < 4.78 is 54.7. The van der Waals surface area contributed by atoms with Gasteiger partial charge in [-0.3, -0.25) is 0 Å². The van der Waals surface area contributed by atoms with Crippen LogP contribution in [-0.2, 0) is 47.4 Å². The lowest BCUT2D eigenvalue weighted by molar-refractivity contribution is -0.359. The molecule has 0 amide bonds. The van der Waals surface area contributed by atoms with E-state index in [-0.39, 0.29) is 6.61 Å². The Labute approximate surface area is 542 Å². The van der Waals surface area contributed by atoms with Crippen LogP contribution in [0.15, 0.2) is 0 Å². The van der Waals surface area contributed by atoms with Crippen LogP contribution in [0.4, 0.5) is 0 Å². The topological polar surface area (TPSA) is 456 Å². The maximum Gasteiger partial charge on any atom is 0.187 e. The van der Waals surface area contributed by atoms with Gasteiger partial charge in [-0.15, -0.1) is 11.8 Å². The predicted octanol–water partition coefficient (Wildman–Crippen LogP) is -0.788. The van der Waals surface area contributed by atoms with Crippen LogP contribution >= 0.6 is 11.8 Å². The number of hydrogen-bond acceptors (Lipinski definition) is 29. The number of hydrogen-bond donors (Lipinski definition) is 18. The zero-order chi connectivity index (χ0) is 67.3. The first-order chi connectivity index (χ1) is 43.8. The zero-order valence-corrected chi connectivity index (χ0v) is 54.8. The van der Waals surface area contributed by atoms with Crippen molar-refractivity contribution in [1.82, 2.24) is 0 Å². The maximum atomic E-state index is 10.6. The number of ether oxygens (including phenoxy) is 10. The third-order valence-electron chi connectivity index (χ3n) is 17.0. The summed E-state index contributed by atoms with van der Waals surface area (Å²) in [5.74, 6) is 0.735. The van der Waals surface area contributed by atoms with Crippen LogP contribution in [0.25, 0.3) is 0 Å². The molecule has 0 aliphatic carbocycles. The number of unbranched alkanes of at least 4 members (excludes halogenated alkanes) is 21. The van der Waals surface area contributed by atoms with E-state index in [0.717, 1.165) is 50.7 Å². The largest absolute Gasteiger partial charge is 0.394 e. The molecule has 0 aromatic rings. The molecule has 29 heteroatoms. The molecule has 5 fully saturated rings. The Bertz CT molecular complexity index is 1740. The second kappa shape index (κ2) is 48.9. The minimum Gasteiger partial charge on any atom is -0.394 e. The normalized spacial score (nSPS) is 37.0. The summed E-state index contributed by atoms with van der Waals surface area (Å²) in [6, 6.07) is 0. The Morgan fingerprint density at radius 2 is 0.582 bits per heavy atom. The second-order valence-electron chi connectivity index (χ2n) is 24.4. The van der Waals surface area contributed by atoms with Gasteiger partial charge in [-0.25, -0.2) is 0 Å². The monoisotopic (exact) mass is 1340 g/mol. The SMILES string of the molecule is CCCCCCCCCCCO[C@@H]1OC(CO)[C@@H](O[C@H]2OC(CO)[C@@H](O)[C@@H](O)C2O)C(O)[C@@H]1O.CCCCCCCCCCOCCO[C@H]1OC(CO)[C@@H](O)[C@@H](O)C1O.CCCCCCCCCS[C@@H]1OC(CO)[C@@H](O[C@H]2OC(CO)[C@@H](O)[C@@H](O)C2O)C(O)[C@@H]1O. The van der Waals surface area contributed by atoms with E-state index in [1.165, 1.54) is 121 Å². The van der Waals surface area contributed by atoms with E-state index in [1.807, 2.05) is 0 Å². The van der Waals surface area contributed by atoms with Gasteiger partial charge in [0.25, 0.3) is 0 Å². The summed E-state index contributed by atoms with van der Waals surface area (Å²) in [5.41, 5.74) is -0.753. The molecule has 5 aliphatic rings. The lowest BCUT2D eigenvalue weighted by Crippen LogP contribution is -2.64. The van der Waals surface area contributed by atoms with E-state index in [9.17, 15) is 86.8 Å². The molecule has 5 rings (SSSR count). The molecule has 0 bridgehead atoms. The second-order valence-corrected chi connectivity index (χ2v) is 25.6. The van der Waals surface area contributed by atoms with Crippen molar-refractivity contribution >= 4 is 11.8 Å². The number of thioether (sulfide) groups is 1. The summed E-state index contributed by atoms with van der Waals surface area (Å²) in [5, 5.41) is 178. The maximum absolute atomic E-state index is 10.6. The van der Waals surface area contributed by atoms with Crippen molar-refractivity contribution in [2.24, 2.45) is 0 Å². The summed E-state index contributed by atoms with van der Waals surface area (Å²) in [4.78, 5) is 0. The first kappa shape index (κ1) is 84.5. The molecule has 10 unspecified atom stereocenters. The average Bonchev–Trinajstić information content (AvgIpc) is 1.21. The molecule has 542 valence electrons. The Morgan fingerprint density at radius 3 is 0.989 bits per heavy atom. The fourth-order valence-corrected chi connectivity index (χ4v) is 12.3. The van der Waals surface area contributed by atoms with Gasteiger partial charge in [0.05, 0.1) is 46.2 Å². The standard InChI is InChI=1S/C23H44O11.C21H40O10S.C18H36O7/c1-2-3-4-5-6-7-8-9-10-11-31-22-20(30)18(28)21(15(13-25)33-22)34-23-19(29)17(27)16(26)14(12-24)32-23;1-2-3-4-5-6-7-8-9-32-21-18(28)16(26)19(13(11-23)30-21)31-20-17(27)15(25)14(24)12(10-22)29-20;1-2-3-4-5-6-7-8-9-10-23-11-12-24-18-17(22)16(21)15(20)14(13-19)25-18/h14-30H,2-13H2,1H3;12-28H,2-11H2,1H3;14-22H,2-13H2,1H3/t14?,15?,16-,17-,18?,19?,20+,21-,22-,23-;12?,13?,14-,15-,16?,17?,18+,19-,20-,21+;14?,15-,16-,17?,18+/m111/s1. The van der Waals surface area contributed by atoms with Crippen LogP contribution < -0.4 is 0 Å². The average molecular weight is 1350 g/mol. The van der Waals surface area contributed by atoms with Crippen molar-refractivity contribution in [2.45, 2.75) is 328 Å². The predicted molar refractivity (Wildman–Crippen MR) is 330 cm³/mol. The van der Waals surface area contributed by atoms with Crippen LogP contribution in [0.3, 0.4) is 0 Å². The molecule has 18 N–H and O–H groups in total. The minimum absolute atomic E-state index is 0.208. The molecular formula is C62H120O28S. The smallest absolute Gasteiger partial charge is 0.187 e. The van der Waals surface area contributed by atoms with Crippen LogP contribution in [-0.4, -0.2) is 310 Å². The summed E-state index contributed by atoms with van der Waals surface area (Å²) in [6.45, 7) is 5.34. The van der Waals surface area contributed by atoms with Crippen molar-refractivity contribution in [2.75, 3.05) is 65.2 Å². The van der Waals surface area contributed by atoms with Gasteiger partial charge < -0.3 is 139 Å². The van der Waals surface area contributed by atoms with Gasteiger partial charge in [-0.1, -0.05) is 156 Å². The first-order valence-electron chi connectivity index (χ1n) is 33.7. The molecule has 28 nitrogen and oxygen atoms in total. The molecule has 0 aromatic heterocycles. The Morgan fingerprint density at radius 1 is 0.275 bits per heavy atom. The van der Waals surface area contributed by atoms with E-state index >= 15 is 0 Å². The van der Waals surface area contributed by atoms with E-state index in [2.05, 4.69) is 20.8 Å². The molecule has 5 heterocycles. The fourth-order valence-electron chi connectivity index (χ4n) is 11.1. The van der Waals surface area contributed by atoms with Crippen molar-refractivity contribution in [3.05, 3.63) is 0 Å². The lowest BCUT2D eigenvalue weighted by atomic mass is 9.97. The molecular weight excluding hydrogens is 1220 g/mol. The van der Waals surface area contributed by atoms with E-state index in [0.29, 0.717) is 19.8 Å². The molecule has 91 heavy (non-hydrogen) atoms. The van der Waals surface area contributed by atoms with Gasteiger partial charge in [-0.05, 0) is 25.0 Å². The van der Waals surface area contributed by atoms with Gasteiger partial charge in [0.1, 0.15) is 128 Å². The first-order valence-corrected chi connectivity index (χ1v) is 34.8. The van der Waals surface area contributed by atoms with Crippen molar-refractivity contribution < 1.29 is 139 Å². The van der Waals surface area contributed by atoms with E-state index in [4.69, 9.17) is 52.5 Å². The van der Waals surface area contributed by atoms with Gasteiger partial charge in [0.15, 0.2) is 25.2 Å². The number of aliphatic hydroxyl groups excluding tert-OH is 18. The third-order valence-corrected chi connectivity index (χ3v) is 18.2. The minimum atomic E-state index is -1.69. The van der Waals surface area contributed by atoms with Gasteiger partial charge in [0.2, 0.25) is 0 Å². The highest BCUT2D eigenvalue weighted by Gasteiger charge is 2.53. The van der Waals surface area contributed by atoms with Crippen LogP contribution in [0.2, 0.25) is 0 Å². The van der Waals surface area contributed by atoms with Crippen molar-refractivity contribution in [1.29, 1.82) is 0 Å². The van der Waals surface area contributed by atoms with Crippen LogP contribution in [0.5, 0.6) is 0 Å². The summed E-state index contributed by atoms with van der Waals surface area (Å²) >= 11 is 1.36. The van der Waals surface area contributed by atoms with Crippen molar-refractivity contribution in [3.8, 4) is 0 Å². The zero-order valence-electron chi connectivity index (χ0n) is 54.0. The highest BCUT2D eigenvalue weighted by molar-refractivity contribution is 7.99. The highest BCUT2D eigenvalue weighted by atomic mass is 32.2. The molecule has 0 spiro atoms. The number of rotatable bonds is 42. The molecule has 5 aliphatic heterocycles. The molecule has 5 saturated heterocycles. The van der Waals surface area contributed by atoms with E-state index in [1.54, 1.807) is 0 Å². The molecule has 0 saturated carbocycles. The van der Waals surface area contributed by atoms with Gasteiger partial charge in [0, 0.05) is 13.2 Å². The molecule has 25 atom stereocenters. The quantitative estimate of drug-likeness (QED) is 0.0333. The summed E-state index contributed by atoms with van der Waals surface area (Å²) in [6.07, 6.45) is -4.60. The Balaban J connectivity index is 0.000000361. The highest BCUT2D eigenvalue weighted by Crippen LogP contribution is 2.34. The fraction of sp³-hybridized carbons (Fsp3) is 1.00. The molecule has 0 radical (unpaired) electrons. The third kappa shape index (κ3) is 28.9. The summed E-state index contributed by atoms with van der Waals surface area (Å²) in [7, 11) is 0. The van der Waals surface area contributed by atoms with Gasteiger partial charge >= 0.3 is 0 Å². The van der Waals surface area contributed by atoms with Crippen LogP contribution in [0, 0.1) is 0 Å². The molecule has 0 aromatic carbocycles. The van der Waals surface area contributed by atoms with Crippen molar-refractivity contribution in [3.63, 3.8) is 0 Å². The Hall–Kier alpha value is -0.770. The number of aliphatic hydroxyl groups is 18. The Kier molecular flexibility index (Phi) is 45.3. The lowest BCUT2D eigenvalue weighted by Gasteiger charge is -2.46.